The molecule has 0 unspecified atom stereocenters. The second-order valence-electron chi connectivity index (χ2n) is 5.67. The number of nitrogens with zero attached hydrogens (tertiary/aromatic N) is 3. The van der Waals surface area contributed by atoms with Crippen LogP contribution in [-0.2, 0) is 6.42 Å². The lowest BCUT2D eigenvalue weighted by molar-refractivity contribution is 0.410. The number of methoxy groups -OCH3 is 1. The van der Waals surface area contributed by atoms with Crippen molar-refractivity contribution in [3.05, 3.63) is 80.5 Å². The summed E-state index contributed by atoms with van der Waals surface area (Å²) in [5, 5.41) is 7.17. The van der Waals surface area contributed by atoms with E-state index in [-0.39, 0.29) is 5.56 Å². The fraction of sp³-hybridized carbons (Fsp3) is 0.105. The largest absolute Gasteiger partial charge is 0.496 e. The van der Waals surface area contributed by atoms with Gasteiger partial charge in [-0.2, -0.15) is 10.1 Å². The summed E-state index contributed by atoms with van der Waals surface area (Å²) in [6, 6.07) is 15.1. The Morgan fingerprint density at radius 3 is 2.69 bits per heavy atom. The Bertz CT molecular complexity index is 1140. The molecular formula is C19H14ClN3O2S. The van der Waals surface area contributed by atoms with Gasteiger partial charge < -0.3 is 4.74 Å². The molecule has 0 bridgehead atoms. The topological polar surface area (TPSA) is 56.5 Å². The van der Waals surface area contributed by atoms with E-state index in [2.05, 4.69) is 10.1 Å². The Hall–Kier alpha value is -2.70. The number of ether oxygens (including phenoxy) is 1. The lowest BCUT2D eigenvalue weighted by Crippen LogP contribution is -2.18. The monoisotopic (exact) mass is 383 g/mol. The summed E-state index contributed by atoms with van der Waals surface area (Å²) in [4.78, 5) is 17.1. The van der Waals surface area contributed by atoms with Gasteiger partial charge in [-0.25, -0.2) is 4.52 Å². The lowest BCUT2D eigenvalue weighted by Gasteiger charge is -2.08. The first-order chi connectivity index (χ1) is 12.7. The molecule has 0 aliphatic carbocycles. The van der Waals surface area contributed by atoms with Crippen molar-refractivity contribution in [2.45, 2.75) is 6.42 Å². The molecule has 0 saturated carbocycles. The molecule has 2 heterocycles. The Kier molecular flexibility index (Phi) is 4.44. The minimum atomic E-state index is -0.319. The Morgan fingerprint density at radius 1 is 1.15 bits per heavy atom. The van der Waals surface area contributed by atoms with Crippen LogP contribution < -0.4 is 10.3 Å². The summed E-state index contributed by atoms with van der Waals surface area (Å²) in [5.41, 5.74) is 2.78. The van der Waals surface area contributed by atoms with E-state index in [0.29, 0.717) is 22.1 Å². The molecule has 4 rings (SSSR count). The van der Waals surface area contributed by atoms with Gasteiger partial charge in [-0.05, 0) is 18.2 Å². The smallest absolute Gasteiger partial charge is 0.296 e. The molecular weight excluding hydrogens is 370 g/mol. The molecule has 26 heavy (non-hydrogen) atoms. The molecule has 0 amide bonds. The molecule has 0 N–H and O–H groups in total. The van der Waals surface area contributed by atoms with Gasteiger partial charge in [0.2, 0.25) is 4.96 Å². The first kappa shape index (κ1) is 16.8. The summed E-state index contributed by atoms with van der Waals surface area (Å²) >= 11 is 7.35. The first-order valence-electron chi connectivity index (χ1n) is 7.91. The summed E-state index contributed by atoms with van der Waals surface area (Å²) in [5.74, 6) is 0.724. The van der Waals surface area contributed by atoms with Gasteiger partial charge in [0.15, 0.2) is 0 Å². The summed E-state index contributed by atoms with van der Waals surface area (Å²) in [6.07, 6.45) is 0.356. The average Bonchev–Trinajstić information content (AvgIpc) is 3.05. The van der Waals surface area contributed by atoms with E-state index in [0.717, 1.165) is 22.6 Å². The predicted octanol–water partition coefficient (Wildman–Crippen LogP) is 4.07. The Balaban J connectivity index is 1.81. The third-order valence-corrected chi connectivity index (χ3v) is 5.11. The molecule has 0 radical (unpaired) electrons. The molecule has 0 fully saturated rings. The van der Waals surface area contributed by atoms with Gasteiger partial charge in [0.1, 0.15) is 11.4 Å². The third-order valence-electron chi connectivity index (χ3n) is 4.04. The zero-order valence-corrected chi connectivity index (χ0v) is 15.4. The number of hydrogen-bond acceptors (Lipinski definition) is 5. The highest BCUT2D eigenvalue weighted by Crippen LogP contribution is 2.26. The van der Waals surface area contributed by atoms with E-state index < -0.39 is 0 Å². The van der Waals surface area contributed by atoms with E-state index in [4.69, 9.17) is 16.3 Å². The van der Waals surface area contributed by atoms with Crippen LogP contribution in [0.4, 0.5) is 0 Å². The number of thiazole rings is 1. The standard InChI is InChI=1S/C19H14ClN3O2S/c1-25-17-5-3-2-4-13(17)10-15-18(24)21-19-23(22-15)16(11-26-19)12-6-8-14(20)9-7-12/h2-9,11H,10H2,1H3. The van der Waals surface area contributed by atoms with Gasteiger partial charge in [0.25, 0.3) is 5.56 Å². The SMILES string of the molecule is COc1ccccc1Cc1nn2c(-c3ccc(Cl)cc3)csc2nc1=O. The normalized spacial score (nSPS) is 11.0. The number of hydrogen-bond donors (Lipinski definition) is 0. The van der Waals surface area contributed by atoms with Crippen LogP contribution in [-0.4, -0.2) is 21.7 Å². The van der Waals surface area contributed by atoms with Gasteiger partial charge in [-0.3, -0.25) is 4.79 Å². The summed E-state index contributed by atoms with van der Waals surface area (Å²) in [6.45, 7) is 0. The maximum Gasteiger partial charge on any atom is 0.296 e. The van der Waals surface area contributed by atoms with Gasteiger partial charge in [0.05, 0.1) is 12.8 Å². The second kappa shape index (κ2) is 6.90. The molecule has 0 spiro atoms. The number of aromatic nitrogens is 3. The van der Waals surface area contributed by atoms with E-state index >= 15 is 0 Å². The number of fused-ring (bicyclic) bond motifs is 1. The fourth-order valence-corrected chi connectivity index (χ4v) is 3.70. The number of halogens is 1. The number of benzene rings is 2. The van der Waals surface area contributed by atoms with Gasteiger partial charge >= 0.3 is 0 Å². The van der Waals surface area contributed by atoms with Crippen LogP contribution in [0.2, 0.25) is 5.02 Å². The average molecular weight is 384 g/mol. The van der Waals surface area contributed by atoms with Crippen LogP contribution in [0.5, 0.6) is 5.75 Å². The molecule has 0 aliphatic heterocycles. The number of para-hydroxylation sites is 1. The maximum atomic E-state index is 12.4. The maximum absolute atomic E-state index is 12.4. The van der Waals surface area contributed by atoms with Gasteiger partial charge in [-0.15, -0.1) is 11.3 Å². The van der Waals surface area contributed by atoms with Crippen molar-refractivity contribution in [2.75, 3.05) is 7.11 Å². The quantitative estimate of drug-likeness (QED) is 0.533. The molecule has 2 aromatic carbocycles. The van der Waals surface area contributed by atoms with Crippen molar-refractivity contribution >= 4 is 27.9 Å². The Morgan fingerprint density at radius 2 is 1.92 bits per heavy atom. The van der Waals surface area contributed by atoms with Crippen LogP contribution in [0.3, 0.4) is 0 Å². The van der Waals surface area contributed by atoms with Crippen LogP contribution in [0, 0.1) is 0 Å². The van der Waals surface area contributed by atoms with Gasteiger partial charge in [0, 0.05) is 28.0 Å². The zero-order valence-electron chi connectivity index (χ0n) is 13.8. The predicted molar refractivity (Wildman–Crippen MR) is 103 cm³/mol. The van der Waals surface area contributed by atoms with Crippen molar-refractivity contribution in [3.63, 3.8) is 0 Å². The van der Waals surface area contributed by atoms with Crippen molar-refractivity contribution in [1.82, 2.24) is 14.6 Å². The highest BCUT2D eigenvalue weighted by Gasteiger charge is 2.14. The first-order valence-corrected chi connectivity index (χ1v) is 9.17. The second-order valence-corrected chi connectivity index (χ2v) is 6.95. The van der Waals surface area contributed by atoms with E-state index in [1.807, 2.05) is 53.9 Å². The highest BCUT2D eigenvalue weighted by atomic mass is 35.5. The van der Waals surface area contributed by atoms with Crippen molar-refractivity contribution in [2.24, 2.45) is 0 Å². The number of rotatable bonds is 4. The van der Waals surface area contributed by atoms with Crippen molar-refractivity contribution < 1.29 is 4.74 Å². The van der Waals surface area contributed by atoms with Crippen LogP contribution in [0.1, 0.15) is 11.3 Å². The third kappa shape index (κ3) is 3.09. The lowest BCUT2D eigenvalue weighted by atomic mass is 10.1. The molecule has 7 heteroatoms. The highest BCUT2D eigenvalue weighted by molar-refractivity contribution is 7.15. The summed E-state index contributed by atoms with van der Waals surface area (Å²) in [7, 11) is 1.61. The zero-order chi connectivity index (χ0) is 18.1. The molecule has 130 valence electrons. The minimum Gasteiger partial charge on any atom is -0.496 e. The molecule has 0 aliphatic rings. The fourth-order valence-electron chi connectivity index (χ4n) is 2.75. The van der Waals surface area contributed by atoms with E-state index in [9.17, 15) is 4.79 Å². The molecule has 0 atom stereocenters. The van der Waals surface area contributed by atoms with Crippen LogP contribution in [0.25, 0.3) is 16.2 Å². The minimum absolute atomic E-state index is 0.319. The van der Waals surface area contributed by atoms with Gasteiger partial charge in [-0.1, -0.05) is 41.9 Å². The van der Waals surface area contributed by atoms with E-state index in [1.165, 1.54) is 11.3 Å². The molecule has 0 saturated heterocycles. The Labute approximate surface area is 158 Å². The van der Waals surface area contributed by atoms with Crippen LogP contribution in [0.15, 0.2) is 58.7 Å². The molecule has 5 nitrogen and oxygen atoms in total. The van der Waals surface area contributed by atoms with Crippen LogP contribution >= 0.6 is 22.9 Å². The van der Waals surface area contributed by atoms with Crippen molar-refractivity contribution in [1.29, 1.82) is 0 Å². The molecule has 4 aromatic rings. The van der Waals surface area contributed by atoms with Crippen molar-refractivity contribution in [3.8, 4) is 17.0 Å². The summed E-state index contributed by atoms with van der Waals surface area (Å²) < 4.78 is 7.08. The molecule has 2 aromatic heterocycles. The van der Waals surface area contributed by atoms with E-state index in [1.54, 1.807) is 11.6 Å².